The van der Waals surface area contributed by atoms with Gasteiger partial charge in [-0.1, -0.05) is 30.3 Å². The van der Waals surface area contributed by atoms with E-state index in [1.807, 2.05) is 25.1 Å². The number of aryl methyl sites for hydroxylation is 1. The van der Waals surface area contributed by atoms with E-state index in [4.69, 9.17) is 0 Å². The lowest BCUT2D eigenvalue weighted by Crippen LogP contribution is -2.31. The monoisotopic (exact) mass is 462 g/mol. The summed E-state index contributed by atoms with van der Waals surface area (Å²) >= 11 is 0. The van der Waals surface area contributed by atoms with Crippen LogP contribution in [-0.4, -0.2) is 41.1 Å². The first-order chi connectivity index (χ1) is 15.9. The van der Waals surface area contributed by atoms with Crippen LogP contribution < -0.4 is 9.62 Å². The van der Waals surface area contributed by atoms with Crippen LogP contribution in [0.15, 0.2) is 84.0 Å². The van der Waals surface area contributed by atoms with Gasteiger partial charge in [0.15, 0.2) is 0 Å². The molecule has 4 aromatic rings. The number of hydrogen-bond donors (Lipinski definition) is 1. The van der Waals surface area contributed by atoms with Crippen molar-refractivity contribution in [3.63, 3.8) is 0 Å². The molecule has 1 N–H and O–H groups in total. The van der Waals surface area contributed by atoms with Gasteiger partial charge in [0, 0.05) is 17.8 Å². The maximum atomic E-state index is 13.3. The Morgan fingerprint density at radius 3 is 2.52 bits per heavy atom. The molecule has 0 saturated carbocycles. The third-order valence-electron chi connectivity index (χ3n) is 5.10. The number of rotatable bonds is 7. The number of para-hydroxylation sites is 1. The van der Waals surface area contributed by atoms with Gasteiger partial charge in [0.05, 0.1) is 16.3 Å². The van der Waals surface area contributed by atoms with Crippen molar-refractivity contribution in [2.24, 2.45) is 0 Å². The quantitative estimate of drug-likeness (QED) is 0.451. The lowest BCUT2D eigenvalue weighted by atomic mass is 10.1. The first-order valence-electron chi connectivity index (χ1n) is 10.2. The number of aromatic nitrogens is 4. The summed E-state index contributed by atoms with van der Waals surface area (Å²) in [7, 11) is -3.85. The highest BCUT2D eigenvalue weighted by molar-refractivity contribution is 7.92. The second-order valence-corrected chi connectivity index (χ2v) is 9.10. The maximum absolute atomic E-state index is 13.3. The predicted molar refractivity (Wildman–Crippen MR) is 125 cm³/mol. The van der Waals surface area contributed by atoms with Gasteiger partial charge in [0.1, 0.15) is 6.33 Å². The summed E-state index contributed by atoms with van der Waals surface area (Å²) in [6.45, 7) is 3.88. The normalized spacial score (nSPS) is 11.2. The molecule has 0 saturated heterocycles. The SMILES string of the molecule is CCN(c1ccccc1)S(=O)(=O)c1cccc(C(=O)Nc2cc(-n3cnnn3)ccc2C)c1. The van der Waals surface area contributed by atoms with Crippen molar-refractivity contribution in [1.82, 2.24) is 20.2 Å². The van der Waals surface area contributed by atoms with Crippen molar-refractivity contribution in [3.05, 3.63) is 90.3 Å². The van der Waals surface area contributed by atoms with Crippen LogP contribution in [0.25, 0.3) is 5.69 Å². The minimum absolute atomic E-state index is 0.0417. The van der Waals surface area contributed by atoms with Crippen molar-refractivity contribution in [2.45, 2.75) is 18.7 Å². The number of anilines is 2. The minimum atomic E-state index is -3.85. The van der Waals surface area contributed by atoms with Gasteiger partial charge in [-0.25, -0.2) is 13.1 Å². The molecular weight excluding hydrogens is 440 g/mol. The van der Waals surface area contributed by atoms with E-state index in [-0.39, 0.29) is 17.0 Å². The fourth-order valence-corrected chi connectivity index (χ4v) is 4.89. The molecule has 1 aromatic heterocycles. The molecule has 10 heteroatoms. The Morgan fingerprint density at radius 1 is 1.03 bits per heavy atom. The fraction of sp³-hybridized carbons (Fsp3) is 0.130. The summed E-state index contributed by atoms with van der Waals surface area (Å²) in [6, 6.07) is 20.3. The average Bonchev–Trinajstić information content (AvgIpc) is 3.37. The summed E-state index contributed by atoms with van der Waals surface area (Å²) < 4.78 is 29.4. The summed E-state index contributed by atoms with van der Waals surface area (Å²) in [6.07, 6.45) is 1.46. The number of benzene rings is 3. The molecule has 0 aliphatic rings. The molecule has 0 radical (unpaired) electrons. The molecule has 1 amide bonds. The number of sulfonamides is 1. The van der Waals surface area contributed by atoms with Gasteiger partial charge in [-0.3, -0.25) is 9.10 Å². The highest BCUT2D eigenvalue weighted by Gasteiger charge is 2.24. The topological polar surface area (TPSA) is 110 Å². The maximum Gasteiger partial charge on any atom is 0.264 e. The summed E-state index contributed by atoms with van der Waals surface area (Å²) in [4.78, 5) is 13.0. The first-order valence-corrected chi connectivity index (χ1v) is 11.7. The largest absolute Gasteiger partial charge is 0.322 e. The third-order valence-corrected chi connectivity index (χ3v) is 7.00. The number of nitrogens with one attached hydrogen (secondary N) is 1. The number of hydrogen-bond acceptors (Lipinski definition) is 6. The molecule has 3 aromatic carbocycles. The second kappa shape index (κ2) is 9.21. The van der Waals surface area contributed by atoms with Gasteiger partial charge in [-0.2, -0.15) is 0 Å². The van der Waals surface area contributed by atoms with Crippen molar-refractivity contribution in [1.29, 1.82) is 0 Å². The molecule has 9 nitrogen and oxygen atoms in total. The molecule has 0 atom stereocenters. The van der Waals surface area contributed by atoms with E-state index in [2.05, 4.69) is 20.8 Å². The Bertz CT molecular complexity index is 1370. The zero-order valence-corrected chi connectivity index (χ0v) is 18.9. The van der Waals surface area contributed by atoms with Crippen molar-refractivity contribution in [2.75, 3.05) is 16.2 Å². The number of amides is 1. The number of carbonyl (C=O) groups excluding carboxylic acids is 1. The molecule has 0 bridgehead atoms. The van der Waals surface area contributed by atoms with Crippen LogP contribution in [0.4, 0.5) is 11.4 Å². The van der Waals surface area contributed by atoms with Crippen LogP contribution in [0.2, 0.25) is 0 Å². The molecule has 4 rings (SSSR count). The number of tetrazole rings is 1. The molecule has 0 aliphatic heterocycles. The van der Waals surface area contributed by atoms with Crippen molar-refractivity contribution >= 4 is 27.3 Å². The smallest absolute Gasteiger partial charge is 0.264 e. The zero-order chi connectivity index (χ0) is 23.4. The molecule has 168 valence electrons. The van der Waals surface area contributed by atoms with E-state index in [9.17, 15) is 13.2 Å². The number of nitrogens with zero attached hydrogens (tertiary/aromatic N) is 5. The van der Waals surface area contributed by atoms with E-state index >= 15 is 0 Å². The van der Waals surface area contributed by atoms with E-state index in [1.54, 1.807) is 49.4 Å². The number of carbonyl (C=O) groups is 1. The summed E-state index contributed by atoms with van der Waals surface area (Å²) in [5.41, 5.74) is 2.88. The fourth-order valence-electron chi connectivity index (χ4n) is 3.37. The van der Waals surface area contributed by atoms with Gasteiger partial charge in [-0.15, -0.1) is 5.10 Å². The molecule has 0 unspecified atom stereocenters. The van der Waals surface area contributed by atoms with Crippen LogP contribution >= 0.6 is 0 Å². The average molecular weight is 463 g/mol. The molecule has 0 spiro atoms. The Morgan fingerprint density at radius 2 is 1.82 bits per heavy atom. The molecule has 0 fully saturated rings. The van der Waals surface area contributed by atoms with E-state index < -0.39 is 15.9 Å². The Balaban J connectivity index is 1.62. The van der Waals surface area contributed by atoms with Crippen LogP contribution in [0, 0.1) is 6.92 Å². The lowest BCUT2D eigenvalue weighted by Gasteiger charge is -2.23. The van der Waals surface area contributed by atoms with Crippen LogP contribution in [0.5, 0.6) is 0 Å². The van der Waals surface area contributed by atoms with Crippen molar-refractivity contribution < 1.29 is 13.2 Å². The third kappa shape index (κ3) is 4.60. The van der Waals surface area contributed by atoms with Gasteiger partial charge in [0.25, 0.3) is 15.9 Å². The zero-order valence-electron chi connectivity index (χ0n) is 18.1. The van der Waals surface area contributed by atoms with Gasteiger partial charge < -0.3 is 5.32 Å². The highest BCUT2D eigenvalue weighted by atomic mass is 32.2. The Hall–Kier alpha value is -4.05. The Labute approximate surface area is 191 Å². The second-order valence-electron chi connectivity index (χ2n) is 7.24. The predicted octanol–water partition coefficient (Wildman–Crippen LogP) is 3.44. The van der Waals surface area contributed by atoms with E-state index in [1.165, 1.54) is 27.4 Å². The minimum Gasteiger partial charge on any atom is -0.322 e. The van der Waals surface area contributed by atoms with Crippen molar-refractivity contribution in [3.8, 4) is 5.69 Å². The van der Waals surface area contributed by atoms with Gasteiger partial charge in [0.2, 0.25) is 0 Å². The Kier molecular flexibility index (Phi) is 6.18. The van der Waals surface area contributed by atoms with Gasteiger partial charge >= 0.3 is 0 Å². The van der Waals surface area contributed by atoms with E-state index in [0.717, 1.165) is 5.56 Å². The summed E-state index contributed by atoms with van der Waals surface area (Å²) in [5.74, 6) is -0.424. The van der Waals surface area contributed by atoms with E-state index in [0.29, 0.717) is 17.1 Å². The van der Waals surface area contributed by atoms with Crippen LogP contribution in [0.1, 0.15) is 22.8 Å². The molecular formula is C23H22N6O3S. The molecule has 33 heavy (non-hydrogen) atoms. The van der Waals surface area contributed by atoms with Crippen LogP contribution in [-0.2, 0) is 10.0 Å². The van der Waals surface area contributed by atoms with Gasteiger partial charge in [-0.05, 0) is 72.3 Å². The molecule has 1 heterocycles. The highest BCUT2D eigenvalue weighted by Crippen LogP contribution is 2.25. The summed E-state index contributed by atoms with van der Waals surface area (Å²) in [5, 5.41) is 13.9. The van der Waals surface area contributed by atoms with Crippen LogP contribution in [0.3, 0.4) is 0 Å². The standard InChI is InChI=1S/C23H22N6O3S/c1-3-29(19-9-5-4-6-10-19)33(31,32)21-11-7-8-18(14-21)23(30)25-22-15-20(13-12-17(22)2)28-16-24-26-27-28/h4-16H,3H2,1-2H3,(H,25,30). The lowest BCUT2D eigenvalue weighted by molar-refractivity contribution is 0.102. The molecule has 0 aliphatic carbocycles. The first kappa shape index (κ1) is 22.2.